The molecule has 0 saturated carbocycles. The van der Waals surface area contributed by atoms with Gasteiger partial charge in [0.2, 0.25) is 0 Å². The number of halogens is 1. The number of nitrogens with two attached hydrogens (primary N) is 1. The number of aliphatic imine (C=N–C) groups is 1. The first-order chi connectivity index (χ1) is 14.3. The molecule has 8 heteroatoms. The summed E-state index contributed by atoms with van der Waals surface area (Å²) in [6, 6.07) is 4.51. The monoisotopic (exact) mass is 448 g/mol. The second kappa shape index (κ2) is 8.51. The summed E-state index contributed by atoms with van der Waals surface area (Å²) in [6.45, 7) is 15.6. The Bertz CT molecular complexity index is 930. The Labute approximate surface area is 186 Å². The van der Waals surface area contributed by atoms with Gasteiger partial charge in [-0.15, -0.1) is 0 Å². The summed E-state index contributed by atoms with van der Waals surface area (Å²) >= 11 is 0. The summed E-state index contributed by atoms with van der Waals surface area (Å²) in [4.78, 5) is 20.1. The van der Waals surface area contributed by atoms with E-state index in [1.165, 1.54) is 6.07 Å². The molecule has 31 heavy (non-hydrogen) atoms. The van der Waals surface area contributed by atoms with Crippen molar-refractivity contribution in [2.45, 2.75) is 60.9 Å². The van der Waals surface area contributed by atoms with Crippen molar-refractivity contribution in [2.24, 2.45) is 21.6 Å². The molecular formula is C23H34FN4O2P. The molecule has 0 fully saturated rings. The number of carbonyl (C=O) groups is 1. The minimum Gasteiger partial charge on any atom is -0.400 e. The number of amidine groups is 1. The van der Waals surface area contributed by atoms with Gasteiger partial charge in [0.25, 0.3) is 5.91 Å². The quantitative estimate of drug-likeness (QED) is 0.657. The second-order valence-electron chi connectivity index (χ2n) is 10.3. The zero-order chi connectivity index (χ0) is 23.1. The lowest BCUT2D eigenvalue weighted by Crippen LogP contribution is -2.46. The largest absolute Gasteiger partial charge is 0.400 e. The number of hydrogen-bond donors (Lipinski definition) is 2. The molecule has 170 valence electrons. The fourth-order valence-corrected chi connectivity index (χ4v) is 5.50. The van der Waals surface area contributed by atoms with E-state index in [0.29, 0.717) is 41.2 Å². The van der Waals surface area contributed by atoms with Crippen LogP contribution in [0.1, 0.15) is 54.9 Å². The molecule has 1 aromatic rings. The van der Waals surface area contributed by atoms with Crippen molar-refractivity contribution < 1.29 is 13.7 Å². The summed E-state index contributed by atoms with van der Waals surface area (Å²) in [5.74, 6) is -0.140. The zero-order valence-electron chi connectivity index (χ0n) is 19.5. The molecule has 0 aromatic heterocycles. The van der Waals surface area contributed by atoms with Crippen LogP contribution in [-0.4, -0.2) is 35.8 Å². The molecule has 2 aliphatic heterocycles. The van der Waals surface area contributed by atoms with Gasteiger partial charge in [-0.1, -0.05) is 47.6 Å². The van der Waals surface area contributed by atoms with E-state index in [-0.39, 0.29) is 28.6 Å². The lowest BCUT2D eigenvalue weighted by atomic mass is 9.84. The van der Waals surface area contributed by atoms with Gasteiger partial charge in [-0.3, -0.25) is 4.79 Å². The van der Waals surface area contributed by atoms with Gasteiger partial charge in [0.05, 0.1) is 23.6 Å². The molecule has 2 aliphatic rings. The standard InChI is InChI=1S/C23H34FN4O2P/c1-8-30-31-18-14(24)10-9-11-15(18)26-20(27-31)16-17(25)19(23(5,6)7)28(21(16)29)13-12-22(2,3)4/h9-11,19H,8,12-13,25H2,1-7H3,(H,26,27). The molecule has 0 radical (unpaired) electrons. The van der Waals surface area contributed by atoms with Crippen LogP contribution in [0.15, 0.2) is 34.5 Å². The van der Waals surface area contributed by atoms with Crippen LogP contribution in [0.2, 0.25) is 0 Å². The Morgan fingerprint density at radius 3 is 2.52 bits per heavy atom. The molecule has 0 aliphatic carbocycles. The summed E-state index contributed by atoms with van der Waals surface area (Å²) in [7, 11) is -1.50. The third-order valence-electron chi connectivity index (χ3n) is 5.40. The number of nitrogens with one attached hydrogen (secondary N) is 1. The second-order valence-corrected chi connectivity index (χ2v) is 11.8. The highest BCUT2D eigenvalue weighted by atomic mass is 31.2. The van der Waals surface area contributed by atoms with E-state index in [1.807, 2.05) is 11.8 Å². The Hall–Kier alpha value is -1.98. The molecular weight excluding hydrogens is 414 g/mol. The van der Waals surface area contributed by atoms with Crippen molar-refractivity contribution in [3.63, 3.8) is 0 Å². The summed E-state index contributed by atoms with van der Waals surface area (Å²) in [6.07, 6.45) is 0.853. The molecule has 3 rings (SSSR count). The molecule has 2 atom stereocenters. The minimum absolute atomic E-state index is 0.0839. The van der Waals surface area contributed by atoms with E-state index in [0.717, 1.165) is 6.42 Å². The number of rotatable bonds is 5. The van der Waals surface area contributed by atoms with Gasteiger partial charge in [-0.05, 0) is 36.3 Å². The lowest BCUT2D eigenvalue weighted by molar-refractivity contribution is -0.128. The predicted octanol–water partition coefficient (Wildman–Crippen LogP) is 4.34. The maximum absolute atomic E-state index is 14.5. The zero-order valence-corrected chi connectivity index (χ0v) is 20.4. The molecule has 0 bridgehead atoms. The fourth-order valence-electron chi connectivity index (χ4n) is 3.98. The fraction of sp³-hybridized carbons (Fsp3) is 0.565. The summed E-state index contributed by atoms with van der Waals surface area (Å²) in [5.41, 5.74) is 7.80. The Morgan fingerprint density at radius 1 is 1.26 bits per heavy atom. The summed E-state index contributed by atoms with van der Waals surface area (Å²) < 4.78 is 20.3. The van der Waals surface area contributed by atoms with Gasteiger partial charge in [-0.2, -0.15) is 0 Å². The summed E-state index contributed by atoms with van der Waals surface area (Å²) in [5, 5.41) is 3.59. The van der Waals surface area contributed by atoms with Gasteiger partial charge in [0.1, 0.15) is 17.2 Å². The van der Waals surface area contributed by atoms with Crippen molar-refractivity contribution >= 4 is 31.0 Å². The molecule has 3 N–H and O–H groups in total. The van der Waals surface area contributed by atoms with Gasteiger partial charge >= 0.3 is 0 Å². The molecule has 2 unspecified atom stereocenters. The SMILES string of the molecule is CCOP1NC(C2=C(N)C(C(C)(C)C)N(CCC(C)(C)C)C2=O)=Nc2cccc(F)c21. The molecule has 1 aromatic carbocycles. The van der Waals surface area contributed by atoms with Crippen LogP contribution >= 0.6 is 8.30 Å². The Kier molecular flexibility index (Phi) is 6.50. The first kappa shape index (κ1) is 23.7. The van der Waals surface area contributed by atoms with Crippen LogP contribution < -0.4 is 16.1 Å². The maximum Gasteiger partial charge on any atom is 0.260 e. The molecule has 0 spiro atoms. The third kappa shape index (κ3) is 4.78. The van der Waals surface area contributed by atoms with Crippen LogP contribution in [-0.2, 0) is 9.32 Å². The number of carbonyl (C=O) groups excluding carboxylic acids is 1. The van der Waals surface area contributed by atoms with Crippen molar-refractivity contribution in [2.75, 3.05) is 13.2 Å². The van der Waals surface area contributed by atoms with E-state index in [9.17, 15) is 9.18 Å². The molecule has 1 amide bonds. The van der Waals surface area contributed by atoms with E-state index >= 15 is 0 Å². The Balaban J connectivity index is 2.06. The van der Waals surface area contributed by atoms with Gasteiger partial charge in [0.15, 0.2) is 8.30 Å². The predicted molar refractivity (Wildman–Crippen MR) is 125 cm³/mol. The third-order valence-corrected chi connectivity index (χ3v) is 7.18. The van der Waals surface area contributed by atoms with Crippen molar-refractivity contribution in [3.05, 3.63) is 35.3 Å². The number of benzene rings is 1. The average Bonchev–Trinajstić information content (AvgIpc) is 2.89. The number of amides is 1. The van der Waals surface area contributed by atoms with Crippen LogP contribution in [0.25, 0.3) is 0 Å². The molecule has 2 heterocycles. The molecule has 6 nitrogen and oxygen atoms in total. The van der Waals surface area contributed by atoms with E-state index in [1.54, 1.807) is 12.1 Å². The highest BCUT2D eigenvalue weighted by Crippen LogP contribution is 2.43. The van der Waals surface area contributed by atoms with Crippen molar-refractivity contribution in [3.8, 4) is 0 Å². The lowest BCUT2D eigenvalue weighted by Gasteiger charge is -2.37. The van der Waals surface area contributed by atoms with Crippen LogP contribution in [0.4, 0.5) is 10.1 Å². The van der Waals surface area contributed by atoms with Crippen molar-refractivity contribution in [1.82, 2.24) is 9.99 Å². The number of nitrogens with zero attached hydrogens (tertiary/aromatic N) is 2. The highest BCUT2D eigenvalue weighted by molar-refractivity contribution is 7.60. The van der Waals surface area contributed by atoms with Gasteiger partial charge < -0.3 is 20.2 Å². The van der Waals surface area contributed by atoms with Crippen LogP contribution in [0, 0.1) is 16.6 Å². The van der Waals surface area contributed by atoms with E-state index in [2.05, 4.69) is 51.6 Å². The van der Waals surface area contributed by atoms with Crippen LogP contribution in [0.3, 0.4) is 0 Å². The van der Waals surface area contributed by atoms with Gasteiger partial charge in [-0.25, -0.2) is 9.38 Å². The number of hydrogen-bond acceptors (Lipinski definition) is 5. The van der Waals surface area contributed by atoms with Crippen molar-refractivity contribution in [1.29, 1.82) is 0 Å². The smallest absolute Gasteiger partial charge is 0.260 e. The maximum atomic E-state index is 14.5. The first-order valence-corrected chi connectivity index (χ1v) is 12.0. The van der Waals surface area contributed by atoms with E-state index in [4.69, 9.17) is 10.3 Å². The van der Waals surface area contributed by atoms with Gasteiger partial charge in [0, 0.05) is 12.2 Å². The van der Waals surface area contributed by atoms with E-state index < -0.39 is 8.30 Å². The average molecular weight is 449 g/mol. The normalized spacial score (nSPS) is 21.9. The minimum atomic E-state index is -1.50. The highest BCUT2D eigenvalue weighted by Gasteiger charge is 2.46. The Morgan fingerprint density at radius 2 is 1.94 bits per heavy atom. The number of fused-ring (bicyclic) bond motifs is 1. The van der Waals surface area contributed by atoms with Crippen LogP contribution in [0.5, 0.6) is 0 Å². The first-order valence-electron chi connectivity index (χ1n) is 10.7. The molecule has 0 saturated heterocycles. The topological polar surface area (TPSA) is 80.0 Å².